The number of hydrogen-bond acceptors (Lipinski definition) is 3. The van der Waals surface area contributed by atoms with Crippen LogP contribution >= 0.6 is 11.6 Å². The molecule has 5 nitrogen and oxygen atoms in total. The number of amides is 2. The summed E-state index contributed by atoms with van der Waals surface area (Å²) >= 11 is 6.00. The number of ether oxygens (including phenoxy) is 1. The molecule has 30 heavy (non-hydrogen) atoms. The number of nitrogens with zero attached hydrogens (tertiary/aromatic N) is 1. The van der Waals surface area contributed by atoms with Gasteiger partial charge in [-0.3, -0.25) is 9.59 Å². The zero-order chi connectivity index (χ0) is 21.3. The summed E-state index contributed by atoms with van der Waals surface area (Å²) in [5.74, 6) is 0.314. The van der Waals surface area contributed by atoms with E-state index in [-0.39, 0.29) is 24.5 Å². The van der Waals surface area contributed by atoms with Gasteiger partial charge in [0.05, 0.1) is 0 Å². The Morgan fingerprint density at radius 1 is 1.10 bits per heavy atom. The lowest BCUT2D eigenvalue weighted by molar-refractivity contribution is -0.143. The fraction of sp³-hybridized carbons (Fsp3) is 0.417. The minimum atomic E-state index is -0.548. The molecule has 3 rings (SSSR count). The van der Waals surface area contributed by atoms with Gasteiger partial charge >= 0.3 is 0 Å². The van der Waals surface area contributed by atoms with Crippen molar-refractivity contribution in [1.29, 1.82) is 0 Å². The summed E-state index contributed by atoms with van der Waals surface area (Å²) in [6, 6.07) is 16.2. The van der Waals surface area contributed by atoms with Crippen molar-refractivity contribution in [2.45, 2.75) is 57.7 Å². The van der Waals surface area contributed by atoms with Crippen LogP contribution in [0, 0.1) is 0 Å². The summed E-state index contributed by atoms with van der Waals surface area (Å²) in [6.07, 6.45) is 4.82. The predicted octanol–water partition coefficient (Wildman–Crippen LogP) is 4.59. The molecule has 2 aromatic rings. The maximum atomic E-state index is 13.1. The Bertz CT molecular complexity index is 820. The highest BCUT2D eigenvalue weighted by Gasteiger charge is 2.30. The number of hydrogen-bond donors (Lipinski definition) is 1. The Labute approximate surface area is 183 Å². The summed E-state index contributed by atoms with van der Waals surface area (Å²) < 4.78 is 5.67. The average Bonchev–Trinajstić information content (AvgIpc) is 3.27. The minimum Gasteiger partial charge on any atom is -0.484 e. The highest BCUT2D eigenvalue weighted by Crippen LogP contribution is 2.20. The molecule has 0 heterocycles. The standard InChI is InChI=1S/C24H29ClN2O3/c1-2-22(24(29)26-20-8-6-7-9-20)27(16-18-12-14-19(25)15-13-18)23(28)17-30-21-10-4-3-5-11-21/h3-5,10-15,20,22H,2,6-9,16-17H2,1H3,(H,26,29)/t22-/m0/s1. The van der Waals surface area contributed by atoms with E-state index in [0.29, 0.717) is 23.7 Å². The van der Waals surface area contributed by atoms with Crippen LogP contribution in [0.1, 0.15) is 44.6 Å². The Balaban J connectivity index is 1.74. The monoisotopic (exact) mass is 428 g/mol. The molecule has 0 spiro atoms. The van der Waals surface area contributed by atoms with Crippen molar-refractivity contribution >= 4 is 23.4 Å². The van der Waals surface area contributed by atoms with Gasteiger partial charge in [-0.05, 0) is 49.1 Å². The average molecular weight is 429 g/mol. The summed E-state index contributed by atoms with van der Waals surface area (Å²) in [7, 11) is 0. The van der Waals surface area contributed by atoms with Crippen LogP contribution < -0.4 is 10.1 Å². The van der Waals surface area contributed by atoms with Gasteiger partial charge in [-0.25, -0.2) is 0 Å². The predicted molar refractivity (Wildman–Crippen MR) is 118 cm³/mol. The number of nitrogens with one attached hydrogen (secondary N) is 1. The van der Waals surface area contributed by atoms with Crippen LogP contribution in [0.5, 0.6) is 5.75 Å². The second-order valence-electron chi connectivity index (χ2n) is 7.66. The number of carbonyl (C=O) groups is 2. The van der Waals surface area contributed by atoms with Crippen molar-refractivity contribution in [3.05, 3.63) is 65.2 Å². The van der Waals surface area contributed by atoms with E-state index >= 15 is 0 Å². The Hall–Kier alpha value is -2.53. The van der Waals surface area contributed by atoms with Gasteiger partial charge in [0.15, 0.2) is 6.61 Å². The van der Waals surface area contributed by atoms with Crippen molar-refractivity contribution in [3.8, 4) is 5.75 Å². The fourth-order valence-corrected chi connectivity index (χ4v) is 3.94. The third kappa shape index (κ3) is 6.23. The van der Waals surface area contributed by atoms with E-state index in [4.69, 9.17) is 16.3 Å². The van der Waals surface area contributed by atoms with Crippen LogP contribution in [0.3, 0.4) is 0 Å². The first-order chi connectivity index (χ1) is 14.6. The fourth-order valence-electron chi connectivity index (χ4n) is 3.82. The van der Waals surface area contributed by atoms with Crippen molar-refractivity contribution in [1.82, 2.24) is 10.2 Å². The van der Waals surface area contributed by atoms with E-state index < -0.39 is 6.04 Å². The van der Waals surface area contributed by atoms with E-state index in [2.05, 4.69) is 5.32 Å². The van der Waals surface area contributed by atoms with Gasteiger partial charge in [0.25, 0.3) is 5.91 Å². The van der Waals surface area contributed by atoms with Crippen molar-refractivity contribution in [3.63, 3.8) is 0 Å². The van der Waals surface area contributed by atoms with Crippen molar-refractivity contribution in [2.24, 2.45) is 0 Å². The lowest BCUT2D eigenvalue weighted by atomic mass is 10.1. The molecule has 160 valence electrons. The van der Waals surface area contributed by atoms with Crippen molar-refractivity contribution < 1.29 is 14.3 Å². The molecule has 1 N–H and O–H groups in total. The lowest BCUT2D eigenvalue weighted by Gasteiger charge is -2.31. The van der Waals surface area contributed by atoms with Gasteiger partial charge in [0.2, 0.25) is 5.91 Å². The third-order valence-corrected chi connectivity index (χ3v) is 5.71. The smallest absolute Gasteiger partial charge is 0.261 e. The molecule has 2 amide bonds. The van der Waals surface area contributed by atoms with Gasteiger partial charge in [-0.1, -0.05) is 61.7 Å². The normalized spacial score (nSPS) is 14.9. The first-order valence-corrected chi connectivity index (χ1v) is 11.0. The maximum absolute atomic E-state index is 13.1. The molecule has 1 aliphatic rings. The molecule has 1 saturated carbocycles. The van der Waals surface area contributed by atoms with Crippen LogP contribution in [-0.2, 0) is 16.1 Å². The summed E-state index contributed by atoms with van der Waals surface area (Å²) in [5, 5.41) is 3.77. The van der Waals surface area contributed by atoms with Crippen LogP contribution in [-0.4, -0.2) is 35.4 Å². The molecule has 0 radical (unpaired) electrons. The first-order valence-electron chi connectivity index (χ1n) is 10.6. The summed E-state index contributed by atoms with van der Waals surface area (Å²) in [5.41, 5.74) is 0.916. The van der Waals surface area contributed by atoms with Gasteiger partial charge in [0, 0.05) is 17.6 Å². The van der Waals surface area contributed by atoms with Gasteiger partial charge in [-0.2, -0.15) is 0 Å². The number of benzene rings is 2. The number of para-hydroxylation sites is 1. The Morgan fingerprint density at radius 2 is 1.77 bits per heavy atom. The zero-order valence-electron chi connectivity index (χ0n) is 17.4. The van der Waals surface area contributed by atoms with Gasteiger partial charge in [-0.15, -0.1) is 0 Å². The summed E-state index contributed by atoms with van der Waals surface area (Å²) in [6.45, 7) is 2.13. The topological polar surface area (TPSA) is 58.6 Å². The molecule has 0 bridgehead atoms. The van der Waals surface area contributed by atoms with Crippen LogP contribution in [0.25, 0.3) is 0 Å². The van der Waals surface area contributed by atoms with Crippen LogP contribution in [0.15, 0.2) is 54.6 Å². The van der Waals surface area contributed by atoms with Crippen LogP contribution in [0.2, 0.25) is 5.02 Å². The highest BCUT2D eigenvalue weighted by molar-refractivity contribution is 6.30. The minimum absolute atomic E-state index is 0.0913. The molecule has 6 heteroatoms. The molecule has 1 atom stereocenters. The quantitative estimate of drug-likeness (QED) is 0.635. The molecule has 0 aliphatic heterocycles. The Kier molecular flexibility index (Phi) is 8.14. The largest absolute Gasteiger partial charge is 0.484 e. The second kappa shape index (κ2) is 11.0. The SMILES string of the molecule is CC[C@@H](C(=O)NC1CCCC1)N(Cc1ccc(Cl)cc1)C(=O)COc1ccccc1. The first kappa shape index (κ1) is 22.2. The Morgan fingerprint density at radius 3 is 2.40 bits per heavy atom. The molecular formula is C24H29ClN2O3. The van der Waals surface area contributed by atoms with E-state index in [0.717, 1.165) is 31.2 Å². The van der Waals surface area contributed by atoms with Gasteiger partial charge in [0.1, 0.15) is 11.8 Å². The highest BCUT2D eigenvalue weighted by atomic mass is 35.5. The van der Waals surface area contributed by atoms with E-state index in [1.165, 1.54) is 0 Å². The molecular weight excluding hydrogens is 400 g/mol. The molecule has 1 fully saturated rings. The van der Waals surface area contributed by atoms with E-state index in [1.54, 1.807) is 29.2 Å². The van der Waals surface area contributed by atoms with E-state index in [1.807, 2.05) is 37.3 Å². The molecule has 0 unspecified atom stereocenters. The zero-order valence-corrected chi connectivity index (χ0v) is 18.1. The molecule has 2 aromatic carbocycles. The van der Waals surface area contributed by atoms with Gasteiger partial charge < -0.3 is 15.0 Å². The second-order valence-corrected chi connectivity index (χ2v) is 8.10. The van der Waals surface area contributed by atoms with Crippen molar-refractivity contribution in [2.75, 3.05) is 6.61 Å². The van der Waals surface area contributed by atoms with E-state index in [9.17, 15) is 9.59 Å². The number of carbonyl (C=O) groups excluding carboxylic acids is 2. The van der Waals surface area contributed by atoms with Crippen LogP contribution in [0.4, 0.5) is 0 Å². The molecule has 0 aromatic heterocycles. The molecule has 1 aliphatic carbocycles. The number of halogens is 1. The maximum Gasteiger partial charge on any atom is 0.261 e. The lowest BCUT2D eigenvalue weighted by Crippen LogP contribution is -2.52. The number of rotatable bonds is 9. The molecule has 0 saturated heterocycles. The third-order valence-electron chi connectivity index (χ3n) is 5.46. The summed E-state index contributed by atoms with van der Waals surface area (Å²) in [4.78, 5) is 27.8.